The third kappa shape index (κ3) is 2.81. The summed E-state index contributed by atoms with van der Waals surface area (Å²) in [6.45, 7) is 3.24. The van der Waals surface area contributed by atoms with Crippen LogP contribution in [0.3, 0.4) is 0 Å². The summed E-state index contributed by atoms with van der Waals surface area (Å²) in [6.07, 6.45) is 4.32. The number of nitrogens with one attached hydrogen (secondary N) is 1. The maximum Gasteiger partial charge on any atom is 0.280 e. The monoisotopic (exact) mass is 262 g/mol. The number of piperidine rings is 1. The van der Waals surface area contributed by atoms with E-state index in [2.05, 4.69) is 11.6 Å². The summed E-state index contributed by atoms with van der Waals surface area (Å²) in [5.74, 6) is 0.608. The van der Waals surface area contributed by atoms with Crippen molar-refractivity contribution in [1.82, 2.24) is 9.03 Å². The van der Waals surface area contributed by atoms with Gasteiger partial charge in [0.2, 0.25) is 0 Å². The first-order valence-electron chi connectivity index (χ1n) is 6.37. The molecule has 5 nitrogen and oxygen atoms in total. The minimum atomic E-state index is -3.41. The Hall–Kier alpha value is -0.170. The van der Waals surface area contributed by atoms with E-state index in [1.54, 1.807) is 0 Å². The van der Waals surface area contributed by atoms with E-state index in [-0.39, 0.29) is 6.61 Å². The molecule has 0 aromatic rings. The van der Waals surface area contributed by atoms with Crippen LogP contribution in [0, 0.1) is 5.92 Å². The molecule has 17 heavy (non-hydrogen) atoms. The van der Waals surface area contributed by atoms with E-state index in [9.17, 15) is 13.5 Å². The molecule has 0 aromatic heterocycles. The van der Waals surface area contributed by atoms with Gasteiger partial charge in [-0.2, -0.15) is 17.4 Å². The molecular weight excluding hydrogens is 240 g/mol. The van der Waals surface area contributed by atoms with Gasteiger partial charge in [-0.3, -0.25) is 0 Å². The van der Waals surface area contributed by atoms with Gasteiger partial charge in [-0.15, -0.1) is 0 Å². The normalized spacial score (nSPS) is 26.7. The Kier molecular flexibility index (Phi) is 3.77. The van der Waals surface area contributed by atoms with Gasteiger partial charge in [0.05, 0.1) is 12.1 Å². The maximum absolute atomic E-state index is 12.2. The fourth-order valence-electron chi connectivity index (χ4n) is 2.46. The van der Waals surface area contributed by atoms with Crippen molar-refractivity contribution >= 4 is 10.2 Å². The predicted octanol–water partition coefficient (Wildman–Crippen LogP) is 0.468. The zero-order valence-corrected chi connectivity index (χ0v) is 11.2. The van der Waals surface area contributed by atoms with E-state index in [1.165, 1.54) is 4.31 Å². The fraction of sp³-hybridized carbons (Fsp3) is 1.00. The first-order valence-corrected chi connectivity index (χ1v) is 7.81. The molecule has 1 saturated heterocycles. The number of aliphatic hydroxyl groups is 1. The van der Waals surface area contributed by atoms with Crippen LogP contribution in [0.2, 0.25) is 0 Å². The van der Waals surface area contributed by atoms with Crippen LogP contribution in [0.25, 0.3) is 0 Å². The summed E-state index contributed by atoms with van der Waals surface area (Å²) in [5, 5.41) is 9.29. The van der Waals surface area contributed by atoms with E-state index in [0.29, 0.717) is 19.0 Å². The van der Waals surface area contributed by atoms with Crippen molar-refractivity contribution in [2.24, 2.45) is 5.92 Å². The topological polar surface area (TPSA) is 69.6 Å². The highest BCUT2D eigenvalue weighted by atomic mass is 32.2. The van der Waals surface area contributed by atoms with Crippen LogP contribution in [-0.4, -0.2) is 43.1 Å². The van der Waals surface area contributed by atoms with Crippen LogP contribution in [0.4, 0.5) is 0 Å². The molecule has 1 saturated carbocycles. The second kappa shape index (κ2) is 4.84. The largest absolute Gasteiger partial charge is 0.394 e. The van der Waals surface area contributed by atoms with Crippen molar-refractivity contribution in [3.05, 3.63) is 0 Å². The van der Waals surface area contributed by atoms with Crippen LogP contribution in [-0.2, 0) is 10.2 Å². The van der Waals surface area contributed by atoms with Gasteiger partial charge in [0.15, 0.2) is 0 Å². The van der Waals surface area contributed by atoms with Gasteiger partial charge < -0.3 is 5.11 Å². The highest BCUT2D eigenvalue weighted by Gasteiger charge is 2.41. The molecule has 1 aliphatic heterocycles. The van der Waals surface area contributed by atoms with E-state index in [4.69, 9.17) is 0 Å². The lowest BCUT2D eigenvalue weighted by Crippen LogP contribution is -2.60. The smallest absolute Gasteiger partial charge is 0.280 e. The second-order valence-electron chi connectivity index (χ2n) is 5.48. The van der Waals surface area contributed by atoms with Crippen molar-refractivity contribution in [3.8, 4) is 0 Å². The summed E-state index contributed by atoms with van der Waals surface area (Å²) in [5.41, 5.74) is -0.581. The number of hydrogen-bond donors (Lipinski definition) is 2. The summed E-state index contributed by atoms with van der Waals surface area (Å²) in [6, 6.07) is 0. The molecule has 0 aromatic carbocycles. The molecule has 2 rings (SSSR count). The number of rotatable bonds is 4. The Bertz CT molecular complexity index is 351. The SMILES string of the molecule is CC1CCN(S(=O)(=O)NC2(CO)CCC2)CC1. The van der Waals surface area contributed by atoms with Gasteiger partial charge in [0.25, 0.3) is 10.2 Å². The average molecular weight is 262 g/mol. The Balaban J connectivity index is 1.99. The van der Waals surface area contributed by atoms with Gasteiger partial charge in [0.1, 0.15) is 0 Å². The van der Waals surface area contributed by atoms with Crippen LogP contribution < -0.4 is 4.72 Å². The molecule has 0 amide bonds. The Labute approximate surface area is 103 Å². The third-order valence-electron chi connectivity index (χ3n) is 4.04. The number of aliphatic hydroxyl groups excluding tert-OH is 1. The highest BCUT2D eigenvalue weighted by molar-refractivity contribution is 7.87. The lowest BCUT2D eigenvalue weighted by molar-refractivity contribution is 0.108. The van der Waals surface area contributed by atoms with Crippen molar-refractivity contribution in [2.45, 2.75) is 44.6 Å². The average Bonchev–Trinajstić information content (AvgIpc) is 2.24. The molecular formula is C11H22N2O3S. The van der Waals surface area contributed by atoms with Crippen molar-refractivity contribution in [3.63, 3.8) is 0 Å². The van der Waals surface area contributed by atoms with E-state index >= 15 is 0 Å². The summed E-state index contributed by atoms with van der Waals surface area (Å²) in [7, 11) is -3.41. The van der Waals surface area contributed by atoms with Crippen molar-refractivity contribution < 1.29 is 13.5 Å². The molecule has 100 valence electrons. The zero-order valence-electron chi connectivity index (χ0n) is 10.4. The van der Waals surface area contributed by atoms with Gasteiger partial charge in [-0.25, -0.2) is 0 Å². The van der Waals surface area contributed by atoms with Crippen LogP contribution in [0.15, 0.2) is 0 Å². The van der Waals surface area contributed by atoms with Gasteiger partial charge >= 0.3 is 0 Å². The quantitative estimate of drug-likeness (QED) is 0.773. The first kappa shape index (κ1) is 13.3. The van der Waals surface area contributed by atoms with Crippen LogP contribution >= 0.6 is 0 Å². The molecule has 6 heteroatoms. The predicted molar refractivity (Wildman–Crippen MR) is 65.7 cm³/mol. The summed E-state index contributed by atoms with van der Waals surface area (Å²) >= 11 is 0. The lowest BCUT2D eigenvalue weighted by Gasteiger charge is -2.42. The number of nitrogens with zero attached hydrogens (tertiary/aromatic N) is 1. The Morgan fingerprint density at radius 1 is 1.35 bits per heavy atom. The molecule has 0 radical (unpaired) electrons. The standard InChI is InChI=1S/C11H22N2O3S/c1-10-3-7-13(8-4-10)17(15,16)12-11(9-14)5-2-6-11/h10,12,14H,2-9H2,1H3. The first-order chi connectivity index (χ1) is 7.97. The van der Waals surface area contributed by atoms with Crippen molar-refractivity contribution in [1.29, 1.82) is 0 Å². The molecule has 0 unspecified atom stereocenters. The minimum absolute atomic E-state index is 0.101. The number of hydrogen-bond acceptors (Lipinski definition) is 3. The summed E-state index contributed by atoms with van der Waals surface area (Å²) < 4.78 is 28.5. The summed E-state index contributed by atoms with van der Waals surface area (Å²) in [4.78, 5) is 0. The molecule has 0 spiro atoms. The molecule has 1 heterocycles. The van der Waals surface area contributed by atoms with Gasteiger partial charge in [-0.1, -0.05) is 6.92 Å². The maximum atomic E-state index is 12.2. The van der Waals surface area contributed by atoms with Gasteiger partial charge in [-0.05, 0) is 38.0 Å². The van der Waals surface area contributed by atoms with Gasteiger partial charge in [0, 0.05) is 13.1 Å². The molecule has 2 fully saturated rings. The highest BCUT2D eigenvalue weighted by Crippen LogP contribution is 2.32. The fourth-order valence-corrected chi connectivity index (χ4v) is 4.10. The van der Waals surface area contributed by atoms with E-state index in [1.807, 2.05) is 0 Å². The molecule has 0 atom stereocenters. The molecule has 2 aliphatic rings. The van der Waals surface area contributed by atoms with Crippen LogP contribution in [0.5, 0.6) is 0 Å². The van der Waals surface area contributed by atoms with E-state index in [0.717, 1.165) is 32.1 Å². The molecule has 0 bridgehead atoms. The minimum Gasteiger partial charge on any atom is -0.394 e. The Morgan fingerprint density at radius 2 is 1.94 bits per heavy atom. The van der Waals surface area contributed by atoms with Crippen molar-refractivity contribution in [2.75, 3.05) is 19.7 Å². The zero-order chi connectivity index (χ0) is 12.5. The molecule has 2 N–H and O–H groups in total. The lowest BCUT2D eigenvalue weighted by atomic mass is 9.78. The van der Waals surface area contributed by atoms with Crippen LogP contribution in [0.1, 0.15) is 39.0 Å². The Morgan fingerprint density at radius 3 is 2.35 bits per heavy atom. The molecule has 1 aliphatic carbocycles. The second-order valence-corrected chi connectivity index (χ2v) is 7.15. The third-order valence-corrected chi connectivity index (χ3v) is 5.78. The van der Waals surface area contributed by atoms with E-state index < -0.39 is 15.7 Å².